The Morgan fingerprint density at radius 1 is 1.40 bits per heavy atom. The van der Waals surface area contributed by atoms with E-state index in [0.717, 1.165) is 10.4 Å². The second kappa shape index (κ2) is 3.47. The smallest absolute Gasteiger partial charge is 0.339 e. The van der Waals surface area contributed by atoms with Crippen molar-refractivity contribution in [2.45, 2.75) is 13.8 Å². The monoisotopic (exact) mass is 223 g/mol. The second-order valence-corrected chi connectivity index (χ2v) is 4.34. The molecule has 78 valence electrons. The highest BCUT2D eigenvalue weighted by molar-refractivity contribution is 7.15. The van der Waals surface area contributed by atoms with Crippen LogP contribution in [0.5, 0.6) is 0 Å². The molecule has 15 heavy (non-hydrogen) atoms. The van der Waals surface area contributed by atoms with Crippen molar-refractivity contribution in [2.75, 3.05) is 0 Å². The fourth-order valence-corrected chi connectivity index (χ4v) is 2.44. The van der Waals surface area contributed by atoms with E-state index in [2.05, 4.69) is 10.2 Å². The number of carboxylic acids is 1. The third-order valence-corrected chi connectivity index (χ3v) is 3.45. The Morgan fingerprint density at radius 2 is 2.00 bits per heavy atom. The number of thiophene rings is 1. The lowest BCUT2D eigenvalue weighted by Crippen LogP contribution is -2.02. The van der Waals surface area contributed by atoms with Gasteiger partial charge in [0.25, 0.3) is 0 Å². The molecule has 2 aromatic heterocycles. The van der Waals surface area contributed by atoms with Crippen LogP contribution in [0.4, 0.5) is 0 Å². The number of carboxylic acid groups (broad SMARTS) is 1. The topological polar surface area (TPSA) is 68.0 Å². The second-order valence-electron chi connectivity index (χ2n) is 3.14. The predicted octanol–water partition coefficient (Wildman–Crippen LogP) is 1.64. The van der Waals surface area contributed by atoms with Crippen LogP contribution in [0.2, 0.25) is 0 Å². The van der Waals surface area contributed by atoms with Gasteiger partial charge >= 0.3 is 5.97 Å². The Bertz CT molecular complexity index is 502. The number of rotatable bonds is 2. The molecule has 0 radical (unpaired) electrons. The molecule has 5 nitrogen and oxygen atoms in total. The van der Waals surface area contributed by atoms with E-state index in [-0.39, 0.29) is 0 Å². The van der Waals surface area contributed by atoms with Crippen molar-refractivity contribution < 1.29 is 9.90 Å². The molecule has 2 rings (SSSR count). The van der Waals surface area contributed by atoms with Crippen LogP contribution >= 0.6 is 11.3 Å². The van der Waals surface area contributed by atoms with Gasteiger partial charge in [-0.15, -0.1) is 21.5 Å². The standard InChI is InChI=1S/C9H9N3O2S/c1-5-6(2)15-8(7(5)9(13)14)12-3-10-11-4-12/h3-4H,1-2H3,(H,13,14). The van der Waals surface area contributed by atoms with E-state index >= 15 is 0 Å². The summed E-state index contributed by atoms with van der Waals surface area (Å²) in [5.74, 6) is -0.916. The van der Waals surface area contributed by atoms with E-state index < -0.39 is 5.97 Å². The summed E-state index contributed by atoms with van der Waals surface area (Å²) in [5.41, 5.74) is 1.13. The first-order valence-electron chi connectivity index (χ1n) is 4.29. The summed E-state index contributed by atoms with van der Waals surface area (Å²) in [6, 6.07) is 0. The maximum absolute atomic E-state index is 11.1. The number of nitrogens with zero attached hydrogens (tertiary/aromatic N) is 3. The van der Waals surface area contributed by atoms with Gasteiger partial charge in [0.2, 0.25) is 0 Å². The number of aromatic nitrogens is 3. The highest BCUT2D eigenvalue weighted by Gasteiger charge is 2.19. The van der Waals surface area contributed by atoms with E-state index in [9.17, 15) is 4.79 Å². The number of aromatic carboxylic acids is 1. The SMILES string of the molecule is Cc1sc(-n2cnnc2)c(C(=O)O)c1C. The Kier molecular flexibility index (Phi) is 2.28. The van der Waals surface area contributed by atoms with Crippen molar-refractivity contribution in [3.05, 3.63) is 28.7 Å². The molecule has 0 bridgehead atoms. The predicted molar refractivity (Wildman–Crippen MR) is 55.7 cm³/mol. The molecule has 0 aliphatic heterocycles. The molecule has 0 spiro atoms. The van der Waals surface area contributed by atoms with Crippen molar-refractivity contribution in [3.8, 4) is 5.00 Å². The summed E-state index contributed by atoms with van der Waals surface area (Å²) < 4.78 is 1.62. The van der Waals surface area contributed by atoms with Gasteiger partial charge in [0, 0.05) is 4.88 Å². The average Bonchev–Trinajstić information content (AvgIpc) is 2.75. The molecule has 0 amide bonds. The molecule has 0 saturated heterocycles. The summed E-state index contributed by atoms with van der Waals surface area (Å²) >= 11 is 1.43. The first kappa shape index (κ1) is 9.85. The molecular weight excluding hydrogens is 214 g/mol. The van der Waals surface area contributed by atoms with Crippen molar-refractivity contribution in [2.24, 2.45) is 0 Å². The number of carbonyl (C=O) groups is 1. The third-order valence-electron chi connectivity index (χ3n) is 2.23. The summed E-state index contributed by atoms with van der Waals surface area (Å²) in [6.45, 7) is 3.71. The lowest BCUT2D eigenvalue weighted by atomic mass is 10.1. The summed E-state index contributed by atoms with van der Waals surface area (Å²) in [4.78, 5) is 12.1. The van der Waals surface area contributed by atoms with Crippen LogP contribution in [0.15, 0.2) is 12.7 Å². The highest BCUT2D eigenvalue weighted by Crippen LogP contribution is 2.30. The molecule has 0 saturated carbocycles. The van der Waals surface area contributed by atoms with Gasteiger partial charge in [-0.25, -0.2) is 4.79 Å². The Balaban J connectivity index is 2.67. The van der Waals surface area contributed by atoms with Gasteiger partial charge in [-0.1, -0.05) is 0 Å². The maximum atomic E-state index is 11.1. The molecule has 0 aliphatic carbocycles. The van der Waals surface area contributed by atoms with Crippen molar-refractivity contribution in [1.29, 1.82) is 0 Å². The summed E-state index contributed by atoms with van der Waals surface area (Å²) in [5, 5.41) is 17.1. The largest absolute Gasteiger partial charge is 0.478 e. The lowest BCUT2D eigenvalue weighted by molar-refractivity contribution is 0.0696. The van der Waals surface area contributed by atoms with Gasteiger partial charge in [-0.2, -0.15) is 0 Å². The van der Waals surface area contributed by atoms with E-state index in [1.807, 2.05) is 13.8 Å². The van der Waals surface area contributed by atoms with Gasteiger partial charge in [-0.05, 0) is 19.4 Å². The fourth-order valence-electron chi connectivity index (χ4n) is 1.35. The first-order valence-corrected chi connectivity index (χ1v) is 5.11. The molecule has 6 heteroatoms. The van der Waals surface area contributed by atoms with Crippen LogP contribution in [-0.2, 0) is 0 Å². The zero-order valence-corrected chi connectivity index (χ0v) is 9.08. The van der Waals surface area contributed by atoms with Gasteiger partial charge in [-0.3, -0.25) is 4.57 Å². The third kappa shape index (κ3) is 1.52. The van der Waals surface area contributed by atoms with Crippen molar-refractivity contribution in [1.82, 2.24) is 14.8 Å². The van der Waals surface area contributed by atoms with Crippen LogP contribution in [0.3, 0.4) is 0 Å². The number of hydrogen-bond donors (Lipinski definition) is 1. The molecule has 0 aliphatic rings. The Labute approximate surface area is 90.0 Å². The van der Waals surface area contributed by atoms with Crippen LogP contribution < -0.4 is 0 Å². The minimum absolute atomic E-state index is 0.331. The molecular formula is C9H9N3O2S. The zero-order chi connectivity index (χ0) is 11.0. The number of aryl methyl sites for hydroxylation is 1. The lowest BCUT2D eigenvalue weighted by Gasteiger charge is -1.99. The minimum atomic E-state index is -0.916. The molecule has 1 N–H and O–H groups in total. The van der Waals surface area contributed by atoms with Crippen LogP contribution in [-0.4, -0.2) is 25.8 Å². The molecule has 0 aromatic carbocycles. The van der Waals surface area contributed by atoms with Crippen LogP contribution in [0.25, 0.3) is 5.00 Å². The van der Waals surface area contributed by atoms with Crippen molar-refractivity contribution >= 4 is 17.3 Å². The van der Waals surface area contributed by atoms with Gasteiger partial charge in [0.05, 0.1) is 5.56 Å². The van der Waals surface area contributed by atoms with Crippen molar-refractivity contribution in [3.63, 3.8) is 0 Å². The maximum Gasteiger partial charge on any atom is 0.339 e. The Hall–Kier alpha value is -1.69. The normalized spacial score (nSPS) is 10.5. The molecule has 0 atom stereocenters. The van der Waals surface area contributed by atoms with E-state index in [0.29, 0.717) is 10.6 Å². The summed E-state index contributed by atoms with van der Waals surface area (Å²) in [6.07, 6.45) is 2.99. The first-order chi connectivity index (χ1) is 7.11. The van der Waals surface area contributed by atoms with E-state index in [4.69, 9.17) is 5.11 Å². The quantitative estimate of drug-likeness (QED) is 0.840. The minimum Gasteiger partial charge on any atom is -0.478 e. The summed E-state index contributed by atoms with van der Waals surface area (Å²) in [7, 11) is 0. The number of hydrogen-bond acceptors (Lipinski definition) is 4. The molecule has 2 aromatic rings. The zero-order valence-electron chi connectivity index (χ0n) is 8.26. The Morgan fingerprint density at radius 3 is 2.53 bits per heavy atom. The van der Waals surface area contributed by atoms with Crippen LogP contribution in [0.1, 0.15) is 20.8 Å². The highest BCUT2D eigenvalue weighted by atomic mass is 32.1. The van der Waals surface area contributed by atoms with Gasteiger partial charge < -0.3 is 5.11 Å². The molecule has 0 fully saturated rings. The average molecular weight is 223 g/mol. The van der Waals surface area contributed by atoms with E-state index in [1.165, 1.54) is 24.0 Å². The van der Waals surface area contributed by atoms with E-state index in [1.54, 1.807) is 4.57 Å². The molecule has 0 unspecified atom stereocenters. The fraction of sp³-hybridized carbons (Fsp3) is 0.222. The van der Waals surface area contributed by atoms with Gasteiger partial charge in [0.1, 0.15) is 17.7 Å². The molecule has 2 heterocycles. The van der Waals surface area contributed by atoms with Crippen LogP contribution in [0, 0.1) is 13.8 Å². The van der Waals surface area contributed by atoms with Gasteiger partial charge in [0.15, 0.2) is 0 Å².